The quantitative estimate of drug-likeness (QED) is 0.553. The van der Waals surface area contributed by atoms with Gasteiger partial charge in [0, 0.05) is 19.8 Å². The van der Waals surface area contributed by atoms with Gasteiger partial charge in [-0.2, -0.15) is 0 Å². The number of halogens is 2. The first kappa shape index (κ1) is 20.3. The molecule has 26 heavy (non-hydrogen) atoms. The summed E-state index contributed by atoms with van der Waals surface area (Å²) in [5.74, 6) is 2.08. The summed E-state index contributed by atoms with van der Waals surface area (Å²) in [5, 5.41) is 7.52. The van der Waals surface area contributed by atoms with E-state index >= 15 is 0 Å². The molecule has 2 N–H and O–H groups in total. The van der Waals surface area contributed by atoms with Gasteiger partial charge in [0.2, 0.25) is 0 Å². The molecule has 2 aromatic rings. The smallest absolute Gasteiger partial charge is 0.191 e. The van der Waals surface area contributed by atoms with E-state index < -0.39 is 0 Å². The molecule has 0 spiro atoms. The van der Waals surface area contributed by atoms with Gasteiger partial charge in [-0.15, -0.1) is 0 Å². The Morgan fingerprint density at radius 3 is 2.50 bits per heavy atom. The van der Waals surface area contributed by atoms with Crippen molar-refractivity contribution in [3.63, 3.8) is 0 Å². The van der Waals surface area contributed by atoms with Crippen molar-refractivity contribution < 1.29 is 9.47 Å². The molecular weight excluding hydrogens is 375 g/mol. The lowest BCUT2D eigenvalue weighted by atomic mass is 10.3. The van der Waals surface area contributed by atoms with Gasteiger partial charge in [0.15, 0.2) is 17.5 Å². The van der Waals surface area contributed by atoms with Gasteiger partial charge in [-0.05, 0) is 25.1 Å². The fraction of sp³-hybridized carbons (Fsp3) is 0.389. The van der Waals surface area contributed by atoms with Crippen LogP contribution in [0.4, 0.5) is 0 Å². The Morgan fingerprint density at radius 1 is 1.23 bits per heavy atom. The van der Waals surface area contributed by atoms with Crippen LogP contribution in [0, 0.1) is 0 Å². The zero-order chi connectivity index (χ0) is 19.1. The van der Waals surface area contributed by atoms with E-state index in [1.165, 1.54) is 0 Å². The van der Waals surface area contributed by atoms with E-state index in [1.54, 1.807) is 14.2 Å². The highest BCUT2D eigenvalue weighted by atomic mass is 35.5. The van der Waals surface area contributed by atoms with Crippen LogP contribution < -0.4 is 20.1 Å². The maximum atomic E-state index is 6.08. The molecule has 0 saturated carbocycles. The van der Waals surface area contributed by atoms with E-state index in [1.807, 2.05) is 48.9 Å². The molecule has 0 fully saturated rings. The summed E-state index contributed by atoms with van der Waals surface area (Å²) in [5.41, 5.74) is 0.960. The number of benzene rings is 1. The number of ether oxygens (including phenoxy) is 2. The maximum absolute atomic E-state index is 6.08. The predicted molar refractivity (Wildman–Crippen MR) is 107 cm³/mol. The van der Waals surface area contributed by atoms with E-state index in [-0.39, 0.29) is 6.10 Å². The molecule has 1 aromatic carbocycles. The molecule has 1 unspecified atom stereocenters. The molecule has 0 bridgehead atoms. The summed E-state index contributed by atoms with van der Waals surface area (Å²) in [6, 6.07) is 9.39. The van der Waals surface area contributed by atoms with Gasteiger partial charge in [-0.3, -0.25) is 4.99 Å². The van der Waals surface area contributed by atoms with Crippen LogP contribution in [-0.2, 0) is 13.6 Å². The lowest BCUT2D eigenvalue weighted by Gasteiger charge is -2.19. The van der Waals surface area contributed by atoms with Crippen molar-refractivity contribution in [2.45, 2.75) is 19.6 Å². The van der Waals surface area contributed by atoms with E-state index in [0.29, 0.717) is 40.7 Å². The summed E-state index contributed by atoms with van der Waals surface area (Å²) in [7, 11) is 5.20. The van der Waals surface area contributed by atoms with Crippen LogP contribution in [0.1, 0.15) is 12.6 Å². The first-order chi connectivity index (χ1) is 12.5. The third-order valence-corrected chi connectivity index (χ3v) is 4.67. The summed E-state index contributed by atoms with van der Waals surface area (Å²) < 4.78 is 13.1. The SMILES string of the molecule is CN=C(NCc1cc(Cl)c(Cl)n1C)NCC(C)Oc1ccccc1OC. The molecule has 0 saturated heterocycles. The third kappa shape index (κ3) is 5.22. The van der Waals surface area contributed by atoms with Gasteiger partial charge in [-0.25, -0.2) is 0 Å². The zero-order valence-corrected chi connectivity index (χ0v) is 16.9. The van der Waals surface area contributed by atoms with Crippen LogP contribution in [0.5, 0.6) is 11.5 Å². The van der Waals surface area contributed by atoms with Crippen LogP contribution in [0.3, 0.4) is 0 Å². The lowest BCUT2D eigenvalue weighted by molar-refractivity contribution is 0.213. The van der Waals surface area contributed by atoms with Crippen LogP contribution in [0.15, 0.2) is 35.3 Å². The average molecular weight is 399 g/mol. The standard InChI is InChI=1S/C18H24Cl2N4O2/c1-12(26-16-8-6-5-7-15(16)25-4)10-22-18(21-2)23-11-13-9-14(19)17(20)24(13)3/h5-9,12H,10-11H2,1-4H3,(H2,21,22,23). The number of nitrogens with zero attached hydrogens (tertiary/aromatic N) is 2. The normalized spacial score (nSPS) is 12.6. The fourth-order valence-corrected chi connectivity index (χ4v) is 2.78. The number of hydrogen-bond donors (Lipinski definition) is 2. The van der Waals surface area contributed by atoms with Crippen molar-refractivity contribution in [2.75, 3.05) is 20.7 Å². The molecule has 8 heteroatoms. The van der Waals surface area contributed by atoms with Gasteiger partial charge in [0.25, 0.3) is 0 Å². The number of hydrogen-bond acceptors (Lipinski definition) is 3. The summed E-state index contributed by atoms with van der Waals surface area (Å²) >= 11 is 12.1. The highest BCUT2D eigenvalue weighted by Gasteiger charge is 2.11. The van der Waals surface area contributed by atoms with Gasteiger partial charge in [0.05, 0.1) is 25.2 Å². The van der Waals surface area contributed by atoms with E-state index in [0.717, 1.165) is 5.69 Å². The monoisotopic (exact) mass is 398 g/mol. The second-order valence-electron chi connectivity index (χ2n) is 5.72. The second kappa shape index (κ2) is 9.59. The highest BCUT2D eigenvalue weighted by Crippen LogP contribution is 2.26. The molecule has 6 nitrogen and oxygen atoms in total. The molecule has 0 aliphatic rings. The Labute approximate surface area is 164 Å². The van der Waals surface area contributed by atoms with Crippen LogP contribution in [0.2, 0.25) is 10.2 Å². The molecule has 1 atom stereocenters. The van der Waals surface area contributed by atoms with Crippen molar-refractivity contribution in [1.82, 2.24) is 15.2 Å². The van der Waals surface area contributed by atoms with Gasteiger partial charge < -0.3 is 24.7 Å². The van der Waals surface area contributed by atoms with E-state index in [4.69, 9.17) is 32.7 Å². The molecule has 0 radical (unpaired) electrons. The topological polar surface area (TPSA) is 59.8 Å². The second-order valence-corrected chi connectivity index (χ2v) is 6.48. The number of methoxy groups -OCH3 is 1. The van der Waals surface area contributed by atoms with Crippen molar-refractivity contribution in [1.29, 1.82) is 0 Å². The first-order valence-corrected chi connectivity index (χ1v) is 8.95. The van der Waals surface area contributed by atoms with Crippen molar-refractivity contribution in [3.05, 3.63) is 46.2 Å². The van der Waals surface area contributed by atoms with Crippen molar-refractivity contribution in [3.8, 4) is 11.5 Å². The van der Waals surface area contributed by atoms with Crippen LogP contribution >= 0.6 is 23.2 Å². The highest BCUT2D eigenvalue weighted by molar-refractivity contribution is 6.41. The minimum absolute atomic E-state index is 0.0798. The molecule has 1 heterocycles. The predicted octanol–water partition coefficient (Wildman–Crippen LogP) is 3.47. The Morgan fingerprint density at radius 2 is 1.92 bits per heavy atom. The molecule has 0 amide bonds. The summed E-state index contributed by atoms with van der Waals surface area (Å²) in [4.78, 5) is 4.21. The lowest BCUT2D eigenvalue weighted by Crippen LogP contribution is -2.41. The number of rotatable bonds is 7. The van der Waals surface area contributed by atoms with Crippen molar-refractivity contribution in [2.24, 2.45) is 12.0 Å². The van der Waals surface area contributed by atoms with E-state index in [2.05, 4.69) is 15.6 Å². The molecule has 142 valence electrons. The minimum Gasteiger partial charge on any atom is -0.493 e. The largest absolute Gasteiger partial charge is 0.493 e. The number of nitrogens with one attached hydrogen (secondary N) is 2. The summed E-state index contributed by atoms with van der Waals surface area (Å²) in [6.45, 7) is 3.10. The first-order valence-electron chi connectivity index (χ1n) is 8.20. The van der Waals surface area contributed by atoms with Gasteiger partial charge in [-0.1, -0.05) is 35.3 Å². The van der Waals surface area contributed by atoms with Gasteiger partial charge in [0.1, 0.15) is 11.3 Å². The molecule has 1 aromatic heterocycles. The number of para-hydroxylation sites is 2. The zero-order valence-electron chi connectivity index (χ0n) is 15.3. The Balaban J connectivity index is 1.85. The molecular formula is C18H24Cl2N4O2. The van der Waals surface area contributed by atoms with Crippen LogP contribution in [0.25, 0.3) is 0 Å². The molecule has 2 rings (SSSR count). The van der Waals surface area contributed by atoms with Crippen molar-refractivity contribution >= 4 is 29.2 Å². The Bertz CT molecular complexity index is 762. The minimum atomic E-state index is -0.0798. The number of aliphatic imine (C=N–C) groups is 1. The maximum Gasteiger partial charge on any atom is 0.191 e. The van der Waals surface area contributed by atoms with Crippen LogP contribution in [-0.4, -0.2) is 37.3 Å². The Kier molecular flexibility index (Phi) is 7.48. The van der Waals surface area contributed by atoms with Gasteiger partial charge >= 0.3 is 0 Å². The summed E-state index contributed by atoms with van der Waals surface area (Å²) in [6.07, 6.45) is -0.0798. The third-order valence-electron chi connectivity index (χ3n) is 3.83. The number of aromatic nitrogens is 1. The average Bonchev–Trinajstić information content (AvgIpc) is 2.89. The molecule has 0 aliphatic carbocycles. The fourth-order valence-electron chi connectivity index (χ4n) is 2.37. The molecule has 0 aliphatic heterocycles. The number of guanidine groups is 1. The Hall–Kier alpha value is -2.05. The van der Waals surface area contributed by atoms with E-state index in [9.17, 15) is 0 Å².